The molecule has 2 aliphatic heterocycles. The van der Waals surface area contributed by atoms with Crippen LogP contribution in [-0.2, 0) is 0 Å². The van der Waals surface area contributed by atoms with E-state index in [4.69, 9.17) is 30.9 Å². The maximum Gasteiger partial charge on any atom is 0.214 e. The average Bonchev–Trinajstić information content (AvgIpc) is 3.33. The Morgan fingerprint density at radius 3 is 2.61 bits per heavy atom. The highest BCUT2D eigenvalue weighted by molar-refractivity contribution is 9.11. The lowest BCUT2D eigenvalue weighted by atomic mass is 9.96. The molecule has 0 saturated heterocycles. The van der Waals surface area contributed by atoms with Crippen LogP contribution in [0.5, 0.6) is 17.2 Å². The van der Waals surface area contributed by atoms with Gasteiger partial charge in [0.2, 0.25) is 6.23 Å². The minimum Gasteiger partial charge on any atom is -0.493 e. The van der Waals surface area contributed by atoms with E-state index in [0.717, 1.165) is 68.5 Å². The SMILES string of the molecule is CCCCCOc1ccc([C@@H]2Oc3c(Br)cc(Br)cc3[C@@H]3CC(c4ccc(Cl)cc4)=NN32)cc1OC. The van der Waals surface area contributed by atoms with Crippen molar-refractivity contribution in [3.05, 3.63) is 85.3 Å². The lowest BCUT2D eigenvalue weighted by molar-refractivity contribution is -0.0198. The van der Waals surface area contributed by atoms with Gasteiger partial charge in [-0.05, 0) is 70.4 Å². The number of hydrazone groups is 1. The predicted molar refractivity (Wildman–Crippen MR) is 150 cm³/mol. The largest absolute Gasteiger partial charge is 0.493 e. The van der Waals surface area contributed by atoms with E-state index in [-0.39, 0.29) is 6.04 Å². The summed E-state index contributed by atoms with van der Waals surface area (Å²) in [5, 5.41) is 7.82. The Bertz CT molecular complexity index is 1280. The summed E-state index contributed by atoms with van der Waals surface area (Å²) in [4.78, 5) is 0. The Balaban J connectivity index is 1.52. The third-order valence-corrected chi connectivity index (χ3v) is 7.76. The summed E-state index contributed by atoms with van der Waals surface area (Å²) in [6, 6.07) is 18.0. The van der Waals surface area contributed by atoms with E-state index in [2.05, 4.69) is 49.9 Å². The van der Waals surface area contributed by atoms with Gasteiger partial charge in [-0.3, -0.25) is 0 Å². The number of halogens is 3. The topological polar surface area (TPSA) is 43.3 Å². The number of hydrogen-bond acceptors (Lipinski definition) is 5. The van der Waals surface area contributed by atoms with Crippen molar-refractivity contribution in [1.29, 1.82) is 0 Å². The van der Waals surface area contributed by atoms with E-state index in [0.29, 0.717) is 17.4 Å². The van der Waals surface area contributed by atoms with Gasteiger partial charge in [0.05, 0.1) is 29.9 Å². The zero-order valence-corrected chi connectivity index (χ0v) is 24.1. The molecule has 0 amide bonds. The predicted octanol–water partition coefficient (Wildman–Crippen LogP) is 8.68. The fourth-order valence-electron chi connectivity index (χ4n) is 4.64. The molecule has 8 heteroatoms. The highest BCUT2D eigenvalue weighted by Crippen LogP contribution is 2.51. The lowest BCUT2D eigenvalue weighted by Gasteiger charge is -2.38. The molecule has 188 valence electrons. The van der Waals surface area contributed by atoms with Gasteiger partial charge < -0.3 is 14.2 Å². The first-order valence-corrected chi connectivity index (χ1v) is 14.0. The molecular formula is C28H27Br2ClN2O3. The Hall–Kier alpha value is -2.22. The fraction of sp³-hybridized carbons (Fsp3) is 0.321. The number of unbranched alkanes of at least 4 members (excludes halogenated alkanes) is 2. The Morgan fingerprint density at radius 1 is 1.06 bits per heavy atom. The first-order chi connectivity index (χ1) is 17.5. The molecule has 0 bridgehead atoms. The molecule has 0 saturated carbocycles. The molecular weight excluding hydrogens is 608 g/mol. The normalized spacial score (nSPS) is 18.2. The van der Waals surface area contributed by atoms with Crippen molar-refractivity contribution >= 4 is 49.2 Å². The van der Waals surface area contributed by atoms with Gasteiger partial charge in [-0.25, -0.2) is 5.01 Å². The lowest BCUT2D eigenvalue weighted by Crippen LogP contribution is -2.34. The number of hydrogen-bond donors (Lipinski definition) is 0. The van der Waals surface area contributed by atoms with Gasteiger partial charge in [-0.1, -0.05) is 59.4 Å². The molecule has 5 rings (SSSR count). The highest BCUT2D eigenvalue weighted by atomic mass is 79.9. The van der Waals surface area contributed by atoms with E-state index in [9.17, 15) is 0 Å². The molecule has 0 unspecified atom stereocenters. The van der Waals surface area contributed by atoms with Crippen molar-refractivity contribution in [3.63, 3.8) is 0 Å². The van der Waals surface area contributed by atoms with Crippen LogP contribution in [0.2, 0.25) is 5.02 Å². The number of rotatable bonds is 8. The molecule has 3 aromatic carbocycles. The van der Waals surface area contributed by atoms with Crippen LogP contribution in [0.25, 0.3) is 0 Å². The molecule has 2 atom stereocenters. The molecule has 2 aliphatic rings. The second-order valence-electron chi connectivity index (χ2n) is 8.90. The highest BCUT2D eigenvalue weighted by Gasteiger charge is 2.42. The number of fused-ring (bicyclic) bond motifs is 3. The van der Waals surface area contributed by atoms with Crippen LogP contribution < -0.4 is 14.2 Å². The minimum atomic E-state index is -0.423. The molecule has 0 N–H and O–H groups in total. The van der Waals surface area contributed by atoms with Crippen molar-refractivity contribution in [2.75, 3.05) is 13.7 Å². The zero-order chi connectivity index (χ0) is 25.2. The van der Waals surface area contributed by atoms with Crippen LogP contribution in [0, 0.1) is 0 Å². The van der Waals surface area contributed by atoms with E-state index in [1.807, 2.05) is 48.5 Å². The van der Waals surface area contributed by atoms with E-state index >= 15 is 0 Å². The summed E-state index contributed by atoms with van der Waals surface area (Å²) in [7, 11) is 1.67. The summed E-state index contributed by atoms with van der Waals surface area (Å²) in [5.41, 5.74) is 4.08. The van der Waals surface area contributed by atoms with Gasteiger partial charge in [-0.2, -0.15) is 5.10 Å². The van der Waals surface area contributed by atoms with Crippen molar-refractivity contribution in [2.45, 2.75) is 44.9 Å². The van der Waals surface area contributed by atoms with Gasteiger partial charge in [0.1, 0.15) is 5.75 Å². The van der Waals surface area contributed by atoms with Crippen LogP contribution in [0.3, 0.4) is 0 Å². The third-order valence-electron chi connectivity index (χ3n) is 6.46. The van der Waals surface area contributed by atoms with Crippen molar-refractivity contribution in [3.8, 4) is 17.2 Å². The van der Waals surface area contributed by atoms with Crippen LogP contribution in [0.4, 0.5) is 0 Å². The second-order valence-corrected chi connectivity index (χ2v) is 11.1. The molecule has 3 aromatic rings. The first kappa shape index (κ1) is 25.4. The third kappa shape index (κ3) is 5.11. The quantitative estimate of drug-likeness (QED) is 0.233. The molecule has 0 fully saturated rings. The van der Waals surface area contributed by atoms with Gasteiger partial charge >= 0.3 is 0 Å². The summed E-state index contributed by atoms with van der Waals surface area (Å²) in [5.74, 6) is 2.25. The first-order valence-electron chi connectivity index (χ1n) is 12.1. The summed E-state index contributed by atoms with van der Waals surface area (Å²) < 4.78 is 20.2. The van der Waals surface area contributed by atoms with Crippen molar-refractivity contribution < 1.29 is 14.2 Å². The van der Waals surface area contributed by atoms with Gasteiger partial charge in [-0.15, -0.1) is 0 Å². The monoisotopic (exact) mass is 632 g/mol. The van der Waals surface area contributed by atoms with E-state index < -0.39 is 6.23 Å². The van der Waals surface area contributed by atoms with E-state index in [1.54, 1.807) is 7.11 Å². The molecule has 0 spiro atoms. The zero-order valence-electron chi connectivity index (χ0n) is 20.1. The van der Waals surface area contributed by atoms with Crippen LogP contribution in [-0.4, -0.2) is 24.4 Å². The van der Waals surface area contributed by atoms with Gasteiger partial charge in [0, 0.05) is 27.0 Å². The maximum absolute atomic E-state index is 6.61. The standard InChI is InChI=1S/C28H27Br2ClN2O3/c1-3-4-5-12-35-25-11-8-18(13-26(25)34-2)28-33-24(21-14-19(29)15-22(30)27(21)36-28)16-23(32-33)17-6-9-20(31)10-7-17/h6-11,13-15,24,28H,3-5,12,16H2,1-2H3/t24-,28-/m0/s1. The minimum absolute atomic E-state index is 0.0224. The van der Waals surface area contributed by atoms with Gasteiger partial charge in [0.25, 0.3) is 0 Å². The number of ether oxygens (including phenoxy) is 3. The van der Waals surface area contributed by atoms with Crippen LogP contribution in [0.15, 0.2) is 68.6 Å². The number of methoxy groups -OCH3 is 1. The van der Waals surface area contributed by atoms with E-state index in [1.165, 1.54) is 0 Å². The molecule has 5 nitrogen and oxygen atoms in total. The molecule has 0 aliphatic carbocycles. The maximum atomic E-state index is 6.61. The average molecular weight is 635 g/mol. The summed E-state index contributed by atoms with van der Waals surface area (Å²) >= 11 is 13.5. The molecule has 2 heterocycles. The number of nitrogens with zero attached hydrogens (tertiary/aromatic N) is 2. The van der Waals surface area contributed by atoms with Crippen LogP contribution >= 0.6 is 43.5 Å². The molecule has 0 radical (unpaired) electrons. The van der Waals surface area contributed by atoms with Gasteiger partial charge in [0.15, 0.2) is 11.5 Å². The Kier molecular flexibility index (Phi) is 7.79. The smallest absolute Gasteiger partial charge is 0.214 e. The molecule has 0 aromatic heterocycles. The Morgan fingerprint density at radius 2 is 1.86 bits per heavy atom. The summed E-state index contributed by atoms with van der Waals surface area (Å²) in [6.07, 6.45) is 3.65. The van der Waals surface area contributed by atoms with Crippen molar-refractivity contribution in [2.24, 2.45) is 5.10 Å². The fourth-order valence-corrected chi connectivity index (χ4v) is 6.12. The summed E-state index contributed by atoms with van der Waals surface area (Å²) in [6.45, 7) is 2.85. The molecule has 36 heavy (non-hydrogen) atoms. The second kappa shape index (κ2) is 11.0. The Labute approximate surface area is 233 Å². The van der Waals surface area contributed by atoms with Crippen LogP contribution in [0.1, 0.15) is 61.6 Å². The number of benzene rings is 3. The van der Waals surface area contributed by atoms with Crippen molar-refractivity contribution in [1.82, 2.24) is 5.01 Å².